The van der Waals surface area contributed by atoms with Crippen LogP contribution in [0.25, 0.3) is 0 Å². The molecular weight excluding hydrogens is 376 g/mol. The van der Waals surface area contributed by atoms with E-state index in [1.165, 1.54) is 24.1 Å². The number of rotatable bonds is 4. The molecule has 2 aromatic heterocycles. The highest BCUT2D eigenvalue weighted by atomic mass is 16.2. The molecule has 2 aliphatic heterocycles. The molecule has 7 nitrogen and oxygen atoms in total. The van der Waals surface area contributed by atoms with Crippen molar-refractivity contribution in [1.29, 1.82) is 0 Å². The summed E-state index contributed by atoms with van der Waals surface area (Å²) in [6.45, 7) is 11.3. The standard InChI is InChI=1S/C23H36N6O/c1-16(2)22-25-24-20-8-9-23(12-15-29(20)22)10-13-28(14-11-23)21(30)7-6-19-17(3)26-27(5)18(19)4/h16H,6-15H2,1-5H3. The fourth-order valence-corrected chi connectivity index (χ4v) is 5.36. The van der Waals surface area contributed by atoms with Crippen molar-refractivity contribution in [3.63, 3.8) is 0 Å². The van der Waals surface area contributed by atoms with Crippen LogP contribution in [0.4, 0.5) is 0 Å². The predicted octanol–water partition coefficient (Wildman–Crippen LogP) is 3.33. The average molecular weight is 413 g/mol. The number of carbonyl (C=O) groups excluding carboxylic acids is 1. The monoisotopic (exact) mass is 412 g/mol. The zero-order valence-corrected chi connectivity index (χ0v) is 19.2. The minimum Gasteiger partial charge on any atom is -0.343 e. The topological polar surface area (TPSA) is 68.8 Å². The lowest BCUT2D eigenvalue weighted by Gasteiger charge is -2.41. The Bertz CT molecular complexity index is 917. The number of likely N-dealkylation sites (tertiary alicyclic amines) is 1. The summed E-state index contributed by atoms with van der Waals surface area (Å²) in [6, 6.07) is 0. The van der Waals surface area contributed by atoms with Gasteiger partial charge in [-0.2, -0.15) is 5.10 Å². The van der Waals surface area contributed by atoms with Crippen molar-refractivity contribution < 1.29 is 4.79 Å². The van der Waals surface area contributed by atoms with E-state index in [2.05, 4.69) is 45.5 Å². The van der Waals surface area contributed by atoms with Gasteiger partial charge >= 0.3 is 0 Å². The van der Waals surface area contributed by atoms with Crippen LogP contribution in [0.3, 0.4) is 0 Å². The van der Waals surface area contributed by atoms with Gasteiger partial charge in [0.1, 0.15) is 11.6 Å². The van der Waals surface area contributed by atoms with Crippen LogP contribution in [0, 0.1) is 19.3 Å². The van der Waals surface area contributed by atoms with Crippen LogP contribution in [0.1, 0.15) is 80.5 Å². The number of fused-ring (bicyclic) bond motifs is 1. The summed E-state index contributed by atoms with van der Waals surface area (Å²) in [5.41, 5.74) is 3.80. The van der Waals surface area contributed by atoms with Crippen LogP contribution in [0.15, 0.2) is 0 Å². The van der Waals surface area contributed by atoms with Crippen LogP contribution in [0.5, 0.6) is 0 Å². The molecular formula is C23H36N6O. The highest BCUT2D eigenvalue weighted by Gasteiger charge is 2.37. The summed E-state index contributed by atoms with van der Waals surface area (Å²) in [5, 5.41) is 13.4. The van der Waals surface area contributed by atoms with Crippen LogP contribution >= 0.6 is 0 Å². The van der Waals surface area contributed by atoms with E-state index in [0.29, 0.717) is 23.7 Å². The molecule has 0 radical (unpaired) electrons. The summed E-state index contributed by atoms with van der Waals surface area (Å²) in [4.78, 5) is 15.0. The molecule has 0 aromatic carbocycles. The van der Waals surface area contributed by atoms with E-state index >= 15 is 0 Å². The lowest BCUT2D eigenvalue weighted by Crippen LogP contribution is -2.43. The van der Waals surface area contributed by atoms with Gasteiger partial charge in [-0.1, -0.05) is 13.8 Å². The molecule has 1 saturated heterocycles. The molecule has 0 unspecified atom stereocenters. The van der Waals surface area contributed by atoms with Crippen LogP contribution in [-0.2, 0) is 31.2 Å². The first-order valence-corrected chi connectivity index (χ1v) is 11.5. The Morgan fingerprint density at radius 1 is 1.07 bits per heavy atom. The minimum atomic E-state index is 0.292. The molecule has 30 heavy (non-hydrogen) atoms. The Morgan fingerprint density at radius 2 is 1.77 bits per heavy atom. The summed E-state index contributed by atoms with van der Waals surface area (Å²) >= 11 is 0. The van der Waals surface area contributed by atoms with E-state index in [-0.39, 0.29) is 0 Å². The maximum Gasteiger partial charge on any atom is 0.222 e. The Kier molecular flexibility index (Phi) is 5.73. The van der Waals surface area contributed by atoms with E-state index in [1.54, 1.807) is 0 Å². The highest BCUT2D eigenvalue weighted by molar-refractivity contribution is 5.76. The van der Waals surface area contributed by atoms with Crippen LogP contribution in [0.2, 0.25) is 0 Å². The minimum absolute atomic E-state index is 0.292. The second-order valence-corrected chi connectivity index (χ2v) is 9.68. The van der Waals surface area contributed by atoms with Gasteiger partial charge in [0.05, 0.1) is 5.69 Å². The number of aromatic nitrogens is 5. The second-order valence-electron chi connectivity index (χ2n) is 9.68. The number of carbonyl (C=O) groups is 1. The molecule has 7 heteroatoms. The summed E-state index contributed by atoms with van der Waals surface area (Å²) < 4.78 is 4.27. The average Bonchev–Trinajstić information content (AvgIpc) is 3.18. The molecule has 164 valence electrons. The van der Waals surface area contributed by atoms with Crippen molar-refractivity contribution in [3.8, 4) is 0 Å². The number of piperidine rings is 1. The maximum atomic E-state index is 12.9. The molecule has 4 heterocycles. The number of amides is 1. The van der Waals surface area contributed by atoms with Gasteiger partial charge in [-0.05, 0) is 56.9 Å². The molecule has 0 aliphatic carbocycles. The Morgan fingerprint density at radius 3 is 2.40 bits per heavy atom. The molecule has 2 aromatic rings. The Labute approximate surface area is 179 Å². The zero-order valence-electron chi connectivity index (χ0n) is 19.2. The quantitative estimate of drug-likeness (QED) is 0.772. The highest BCUT2D eigenvalue weighted by Crippen LogP contribution is 2.42. The summed E-state index contributed by atoms with van der Waals surface area (Å²) in [5.74, 6) is 2.97. The number of hydrogen-bond acceptors (Lipinski definition) is 4. The van der Waals surface area contributed by atoms with Crippen LogP contribution in [-0.4, -0.2) is 48.4 Å². The second kappa shape index (κ2) is 8.16. The lowest BCUT2D eigenvalue weighted by atomic mass is 9.72. The van der Waals surface area contributed by atoms with Gasteiger partial charge in [0, 0.05) is 51.1 Å². The SMILES string of the molecule is Cc1nn(C)c(C)c1CCC(=O)N1CCC2(CCc3nnc(C(C)C)n3CC2)CC1. The molecule has 1 fully saturated rings. The van der Waals surface area contributed by atoms with Crippen molar-refractivity contribution in [2.45, 2.75) is 85.1 Å². The fraction of sp³-hybridized carbons (Fsp3) is 0.739. The molecule has 0 saturated carbocycles. The third kappa shape index (κ3) is 3.91. The summed E-state index contributed by atoms with van der Waals surface area (Å²) in [7, 11) is 1.97. The third-order valence-corrected chi connectivity index (χ3v) is 7.54. The van der Waals surface area contributed by atoms with Gasteiger partial charge in [0.2, 0.25) is 5.91 Å². The summed E-state index contributed by atoms with van der Waals surface area (Å²) in [6.07, 6.45) is 6.94. The molecule has 0 atom stereocenters. The first-order chi connectivity index (χ1) is 14.3. The third-order valence-electron chi connectivity index (χ3n) is 7.54. The van der Waals surface area contributed by atoms with Crippen molar-refractivity contribution in [3.05, 3.63) is 28.6 Å². The Hall–Kier alpha value is -2.18. The molecule has 2 aliphatic rings. The van der Waals surface area contributed by atoms with E-state index < -0.39 is 0 Å². The molecule has 4 rings (SSSR count). The van der Waals surface area contributed by atoms with Gasteiger partial charge in [-0.3, -0.25) is 9.48 Å². The largest absolute Gasteiger partial charge is 0.343 e. The first kappa shape index (κ1) is 21.1. The number of hydrogen-bond donors (Lipinski definition) is 0. The molecule has 0 bridgehead atoms. The van der Waals surface area contributed by atoms with Crippen molar-refractivity contribution in [2.24, 2.45) is 12.5 Å². The molecule has 1 spiro atoms. The van der Waals surface area contributed by atoms with Gasteiger partial charge in [-0.25, -0.2) is 0 Å². The van der Waals surface area contributed by atoms with Crippen molar-refractivity contribution in [2.75, 3.05) is 13.1 Å². The first-order valence-electron chi connectivity index (χ1n) is 11.5. The van der Waals surface area contributed by atoms with Gasteiger partial charge in [0.25, 0.3) is 0 Å². The normalized spacial score (nSPS) is 18.7. The van der Waals surface area contributed by atoms with E-state index in [1.807, 2.05) is 18.7 Å². The molecule has 1 amide bonds. The van der Waals surface area contributed by atoms with Gasteiger partial charge in [-0.15, -0.1) is 10.2 Å². The molecule has 0 N–H and O–H groups in total. The lowest BCUT2D eigenvalue weighted by molar-refractivity contribution is -0.133. The maximum absolute atomic E-state index is 12.9. The van der Waals surface area contributed by atoms with Crippen molar-refractivity contribution in [1.82, 2.24) is 29.4 Å². The van der Waals surface area contributed by atoms with Crippen molar-refractivity contribution >= 4 is 5.91 Å². The predicted molar refractivity (Wildman–Crippen MR) is 116 cm³/mol. The Balaban J connectivity index is 1.33. The smallest absolute Gasteiger partial charge is 0.222 e. The number of nitrogens with zero attached hydrogens (tertiary/aromatic N) is 6. The zero-order chi connectivity index (χ0) is 21.5. The van der Waals surface area contributed by atoms with Gasteiger partial charge < -0.3 is 9.47 Å². The van der Waals surface area contributed by atoms with E-state index in [9.17, 15) is 4.79 Å². The fourth-order valence-electron chi connectivity index (χ4n) is 5.36. The van der Waals surface area contributed by atoms with E-state index in [0.717, 1.165) is 62.7 Å². The van der Waals surface area contributed by atoms with Crippen LogP contribution < -0.4 is 0 Å². The number of aryl methyl sites for hydroxylation is 3. The van der Waals surface area contributed by atoms with Gasteiger partial charge in [0.15, 0.2) is 0 Å². The van der Waals surface area contributed by atoms with E-state index in [4.69, 9.17) is 0 Å².